The fourth-order valence-electron chi connectivity index (χ4n) is 2.92. The SMILES string of the molecule is Cc1cccc(-c2cccc(C(=O)O)c2)c1-c1cccc(C(=O)O)c1. The first-order valence-electron chi connectivity index (χ1n) is 7.74. The largest absolute Gasteiger partial charge is 0.478 e. The maximum Gasteiger partial charge on any atom is 0.335 e. The van der Waals surface area contributed by atoms with Crippen LogP contribution in [0.3, 0.4) is 0 Å². The van der Waals surface area contributed by atoms with Gasteiger partial charge in [-0.05, 0) is 59.0 Å². The van der Waals surface area contributed by atoms with Gasteiger partial charge in [-0.3, -0.25) is 0 Å². The number of benzene rings is 3. The Morgan fingerprint density at radius 2 is 1.24 bits per heavy atom. The summed E-state index contributed by atoms with van der Waals surface area (Å²) in [6.07, 6.45) is 0. The Labute approximate surface area is 145 Å². The maximum absolute atomic E-state index is 11.3. The summed E-state index contributed by atoms with van der Waals surface area (Å²) in [4.78, 5) is 22.5. The molecule has 2 N–H and O–H groups in total. The van der Waals surface area contributed by atoms with Crippen LogP contribution in [0.15, 0.2) is 66.7 Å². The quantitative estimate of drug-likeness (QED) is 0.724. The molecule has 0 heterocycles. The highest BCUT2D eigenvalue weighted by Gasteiger charge is 2.13. The minimum Gasteiger partial charge on any atom is -0.478 e. The molecular weight excluding hydrogens is 316 g/mol. The van der Waals surface area contributed by atoms with Gasteiger partial charge in [0.2, 0.25) is 0 Å². The second kappa shape index (κ2) is 6.61. The van der Waals surface area contributed by atoms with Crippen molar-refractivity contribution in [2.24, 2.45) is 0 Å². The van der Waals surface area contributed by atoms with Crippen molar-refractivity contribution in [2.45, 2.75) is 6.92 Å². The van der Waals surface area contributed by atoms with Crippen LogP contribution < -0.4 is 0 Å². The van der Waals surface area contributed by atoms with Crippen molar-refractivity contribution >= 4 is 11.9 Å². The lowest BCUT2D eigenvalue weighted by atomic mass is 9.90. The Morgan fingerprint density at radius 1 is 0.720 bits per heavy atom. The van der Waals surface area contributed by atoms with E-state index in [1.165, 1.54) is 0 Å². The lowest BCUT2D eigenvalue weighted by molar-refractivity contribution is 0.0686. The van der Waals surface area contributed by atoms with Crippen molar-refractivity contribution in [3.05, 3.63) is 83.4 Å². The second-order valence-electron chi connectivity index (χ2n) is 5.77. The number of hydrogen-bond acceptors (Lipinski definition) is 2. The van der Waals surface area contributed by atoms with Crippen LogP contribution >= 0.6 is 0 Å². The van der Waals surface area contributed by atoms with Crippen LogP contribution in [0.4, 0.5) is 0 Å². The van der Waals surface area contributed by atoms with E-state index in [-0.39, 0.29) is 11.1 Å². The van der Waals surface area contributed by atoms with E-state index in [0.29, 0.717) is 0 Å². The van der Waals surface area contributed by atoms with E-state index in [2.05, 4.69) is 0 Å². The molecule has 3 rings (SSSR count). The van der Waals surface area contributed by atoms with Crippen LogP contribution in [0.2, 0.25) is 0 Å². The Bertz CT molecular complexity index is 973. The highest BCUT2D eigenvalue weighted by atomic mass is 16.4. The van der Waals surface area contributed by atoms with E-state index in [4.69, 9.17) is 0 Å². The molecule has 3 aromatic rings. The molecule has 25 heavy (non-hydrogen) atoms. The highest BCUT2D eigenvalue weighted by Crippen LogP contribution is 2.35. The number of aryl methyl sites for hydroxylation is 1. The first-order chi connectivity index (χ1) is 12.0. The molecular formula is C21H16O4. The number of carbonyl (C=O) groups is 2. The molecule has 0 atom stereocenters. The monoisotopic (exact) mass is 332 g/mol. The minimum atomic E-state index is -0.982. The third-order valence-electron chi connectivity index (χ3n) is 4.09. The van der Waals surface area contributed by atoms with Gasteiger partial charge < -0.3 is 10.2 Å². The summed E-state index contributed by atoms with van der Waals surface area (Å²) in [6.45, 7) is 1.95. The van der Waals surface area contributed by atoms with Gasteiger partial charge in [-0.1, -0.05) is 42.5 Å². The summed E-state index contributed by atoms with van der Waals surface area (Å²) in [7, 11) is 0. The Balaban J connectivity index is 2.23. The Hall–Kier alpha value is -3.40. The Kier molecular flexibility index (Phi) is 4.35. The molecule has 4 heteroatoms. The molecule has 0 aromatic heterocycles. The van der Waals surface area contributed by atoms with E-state index >= 15 is 0 Å². The first-order valence-corrected chi connectivity index (χ1v) is 7.74. The fraction of sp³-hybridized carbons (Fsp3) is 0.0476. The average Bonchev–Trinajstić information content (AvgIpc) is 2.61. The molecule has 124 valence electrons. The van der Waals surface area contributed by atoms with E-state index < -0.39 is 11.9 Å². The van der Waals surface area contributed by atoms with E-state index in [1.807, 2.05) is 37.3 Å². The van der Waals surface area contributed by atoms with Crippen molar-refractivity contribution in [1.82, 2.24) is 0 Å². The maximum atomic E-state index is 11.3. The molecule has 4 nitrogen and oxygen atoms in total. The molecule has 3 aromatic carbocycles. The third kappa shape index (κ3) is 3.28. The van der Waals surface area contributed by atoms with Crippen LogP contribution in [0, 0.1) is 6.92 Å². The van der Waals surface area contributed by atoms with Gasteiger partial charge in [0.25, 0.3) is 0 Å². The molecule has 0 aliphatic carbocycles. The molecule has 0 saturated heterocycles. The van der Waals surface area contributed by atoms with Crippen molar-refractivity contribution in [3.63, 3.8) is 0 Å². The predicted molar refractivity (Wildman–Crippen MR) is 96.0 cm³/mol. The first kappa shape index (κ1) is 16.5. The van der Waals surface area contributed by atoms with Gasteiger partial charge in [0, 0.05) is 0 Å². The summed E-state index contributed by atoms with van der Waals surface area (Å²) in [5.74, 6) is -1.96. The van der Waals surface area contributed by atoms with E-state index in [0.717, 1.165) is 27.8 Å². The predicted octanol–water partition coefficient (Wildman–Crippen LogP) is 4.73. The molecule has 0 aliphatic rings. The van der Waals surface area contributed by atoms with Crippen LogP contribution in [0.1, 0.15) is 26.3 Å². The number of rotatable bonds is 4. The minimum absolute atomic E-state index is 0.212. The van der Waals surface area contributed by atoms with Gasteiger partial charge in [0.15, 0.2) is 0 Å². The Morgan fingerprint density at radius 3 is 1.84 bits per heavy atom. The van der Waals surface area contributed by atoms with E-state index in [9.17, 15) is 19.8 Å². The number of carboxylic acids is 2. The summed E-state index contributed by atoms with van der Waals surface area (Å²) >= 11 is 0. The van der Waals surface area contributed by atoms with Crippen molar-refractivity contribution in [1.29, 1.82) is 0 Å². The van der Waals surface area contributed by atoms with Gasteiger partial charge in [-0.2, -0.15) is 0 Å². The average molecular weight is 332 g/mol. The molecule has 0 saturated carbocycles. The van der Waals surface area contributed by atoms with Crippen LogP contribution in [-0.4, -0.2) is 22.2 Å². The smallest absolute Gasteiger partial charge is 0.335 e. The van der Waals surface area contributed by atoms with Crippen LogP contribution in [0.5, 0.6) is 0 Å². The fourth-order valence-corrected chi connectivity index (χ4v) is 2.92. The molecule has 0 fully saturated rings. The standard InChI is InChI=1S/C21H16O4/c1-13-5-2-10-18(14-6-3-8-16(11-14)20(22)23)19(13)15-7-4-9-17(12-15)21(24)25/h2-12H,1H3,(H,22,23)(H,24,25). The third-order valence-corrected chi connectivity index (χ3v) is 4.09. The summed E-state index contributed by atoms with van der Waals surface area (Å²) in [6, 6.07) is 19.3. The summed E-state index contributed by atoms with van der Waals surface area (Å²) in [5.41, 5.74) is 4.74. The zero-order valence-electron chi connectivity index (χ0n) is 13.6. The van der Waals surface area contributed by atoms with Gasteiger partial charge in [0.1, 0.15) is 0 Å². The number of aromatic carboxylic acids is 2. The van der Waals surface area contributed by atoms with Gasteiger partial charge in [0.05, 0.1) is 11.1 Å². The number of hydrogen-bond donors (Lipinski definition) is 2. The van der Waals surface area contributed by atoms with Crippen molar-refractivity contribution < 1.29 is 19.8 Å². The second-order valence-corrected chi connectivity index (χ2v) is 5.77. The lowest BCUT2D eigenvalue weighted by Crippen LogP contribution is -1.98. The molecule has 0 spiro atoms. The normalized spacial score (nSPS) is 10.4. The summed E-state index contributed by atoms with van der Waals surface area (Å²) < 4.78 is 0. The van der Waals surface area contributed by atoms with Crippen molar-refractivity contribution in [2.75, 3.05) is 0 Å². The zero-order valence-corrected chi connectivity index (χ0v) is 13.6. The summed E-state index contributed by atoms with van der Waals surface area (Å²) in [5, 5.41) is 18.5. The molecule has 0 unspecified atom stereocenters. The zero-order chi connectivity index (χ0) is 18.0. The molecule has 0 amide bonds. The molecule has 0 bridgehead atoms. The van der Waals surface area contributed by atoms with Crippen molar-refractivity contribution in [3.8, 4) is 22.3 Å². The van der Waals surface area contributed by atoms with Crippen LogP contribution in [-0.2, 0) is 0 Å². The molecule has 0 radical (unpaired) electrons. The molecule has 0 aliphatic heterocycles. The highest BCUT2D eigenvalue weighted by molar-refractivity contribution is 5.94. The topological polar surface area (TPSA) is 74.6 Å². The van der Waals surface area contributed by atoms with Gasteiger partial charge in [-0.15, -0.1) is 0 Å². The number of carboxylic acid groups (broad SMARTS) is 2. The van der Waals surface area contributed by atoms with Crippen LogP contribution in [0.25, 0.3) is 22.3 Å². The van der Waals surface area contributed by atoms with Gasteiger partial charge >= 0.3 is 11.9 Å². The lowest BCUT2D eigenvalue weighted by Gasteiger charge is -2.14. The van der Waals surface area contributed by atoms with E-state index in [1.54, 1.807) is 36.4 Å². The van der Waals surface area contributed by atoms with Gasteiger partial charge in [-0.25, -0.2) is 9.59 Å².